The van der Waals surface area contributed by atoms with Crippen molar-refractivity contribution in [3.63, 3.8) is 0 Å². The molecule has 1 aliphatic rings. The fourth-order valence-electron chi connectivity index (χ4n) is 3.13. The minimum Gasteiger partial charge on any atom is -0.320 e. The molecule has 0 amide bonds. The Kier molecular flexibility index (Phi) is 7.87. The van der Waals surface area contributed by atoms with Crippen LogP contribution in [0, 0.1) is 5.92 Å². The summed E-state index contributed by atoms with van der Waals surface area (Å²) < 4.78 is 0. The third kappa shape index (κ3) is 5.87. The maximum atomic E-state index is 3.21. The van der Waals surface area contributed by atoms with E-state index < -0.39 is 0 Å². The molecule has 1 rings (SSSR count). The van der Waals surface area contributed by atoms with Crippen LogP contribution in [0.25, 0.3) is 0 Å². The van der Waals surface area contributed by atoms with Gasteiger partial charge in [-0.05, 0) is 58.8 Å². The standard InChI is InChI=1S/C15H32N2/c1-14-10-6-7-11-15(14)17(3)13-9-5-4-8-12-16-2/h14-16H,4-13H2,1-3H3. The molecule has 1 aliphatic carbocycles. The lowest BCUT2D eigenvalue weighted by atomic mass is 9.85. The zero-order chi connectivity index (χ0) is 12.5. The molecule has 0 aromatic carbocycles. The van der Waals surface area contributed by atoms with Gasteiger partial charge in [0.05, 0.1) is 0 Å². The Morgan fingerprint density at radius 3 is 2.47 bits per heavy atom. The molecule has 0 saturated heterocycles. The number of nitrogens with zero attached hydrogens (tertiary/aromatic N) is 1. The highest BCUT2D eigenvalue weighted by atomic mass is 15.1. The van der Waals surface area contributed by atoms with Crippen molar-refractivity contribution in [1.82, 2.24) is 10.2 Å². The molecule has 0 aliphatic heterocycles. The van der Waals surface area contributed by atoms with Crippen LogP contribution >= 0.6 is 0 Å². The predicted molar refractivity (Wildman–Crippen MR) is 76.4 cm³/mol. The molecule has 2 heteroatoms. The average molecular weight is 240 g/mol. The van der Waals surface area contributed by atoms with Gasteiger partial charge in [0.15, 0.2) is 0 Å². The summed E-state index contributed by atoms with van der Waals surface area (Å²) in [4.78, 5) is 2.63. The molecule has 2 unspecified atom stereocenters. The van der Waals surface area contributed by atoms with Gasteiger partial charge in [0.25, 0.3) is 0 Å². The zero-order valence-electron chi connectivity index (χ0n) is 12.2. The molecule has 102 valence electrons. The highest BCUT2D eigenvalue weighted by Crippen LogP contribution is 2.27. The van der Waals surface area contributed by atoms with E-state index in [2.05, 4.69) is 24.2 Å². The smallest absolute Gasteiger partial charge is 0.0118 e. The SMILES string of the molecule is CNCCCCCCN(C)C1CCCCC1C. The van der Waals surface area contributed by atoms with E-state index in [9.17, 15) is 0 Å². The van der Waals surface area contributed by atoms with Crippen LogP contribution in [-0.2, 0) is 0 Å². The van der Waals surface area contributed by atoms with Crippen molar-refractivity contribution in [2.75, 3.05) is 27.2 Å². The van der Waals surface area contributed by atoms with E-state index in [1.165, 1.54) is 64.5 Å². The van der Waals surface area contributed by atoms with Gasteiger partial charge < -0.3 is 10.2 Å². The van der Waals surface area contributed by atoms with Crippen molar-refractivity contribution >= 4 is 0 Å². The summed E-state index contributed by atoms with van der Waals surface area (Å²) in [6.07, 6.45) is 11.3. The Morgan fingerprint density at radius 2 is 1.76 bits per heavy atom. The molecule has 0 aromatic heterocycles. The van der Waals surface area contributed by atoms with Gasteiger partial charge in [-0.1, -0.05) is 32.6 Å². The van der Waals surface area contributed by atoms with Crippen LogP contribution in [0.2, 0.25) is 0 Å². The monoisotopic (exact) mass is 240 g/mol. The van der Waals surface area contributed by atoms with E-state index in [4.69, 9.17) is 0 Å². The van der Waals surface area contributed by atoms with E-state index in [0.29, 0.717) is 0 Å². The van der Waals surface area contributed by atoms with Crippen LogP contribution in [0.1, 0.15) is 58.3 Å². The second-order valence-corrected chi connectivity index (χ2v) is 5.83. The molecule has 1 fully saturated rings. The van der Waals surface area contributed by atoms with Gasteiger partial charge in [0, 0.05) is 6.04 Å². The fourth-order valence-corrected chi connectivity index (χ4v) is 3.13. The number of rotatable bonds is 8. The van der Waals surface area contributed by atoms with Crippen LogP contribution < -0.4 is 5.32 Å². The van der Waals surface area contributed by atoms with E-state index in [0.717, 1.165) is 12.0 Å². The maximum Gasteiger partial charge on any atom is 0.0118 e. The van der Waals surface area contributed by atoms with Gasteiger partial charge in [-0.25, -0.2) is 0 Å². The van der Waals surface area contributed by atoms with Crippen LogP contribution in [0.3, 0.4) is 0 Å². The summed E-state index contributed by atoms with van der Waals surface area (Å²) in [7, 11) is 4.37. The largest absolute Gasteiger partial charge is 0.320 e. The Bertz CT molecular complexity index is 182. The van der Waals surface area contributed by atoms with Gasteiger partial charge in [-0.3, -0.25) is 0 Å². The van der Waals surface area contributed by atoms with E-state index in [1.807, 2.05) is 7.05 Å². The fraction of sp³-hybridized carbons (Fsp3) is 1.00. The molecular weight excluding hydrogens is 208 g/mol. The minimum absolute atomic E-state index is 0.862. The molecule has 17 heavy (non-hydrogen) atoms. The maximum absolute atomic E-state index is 3.21. The molecule has 0 spiro atoms. The lowest BCUT2D eigenvalue weighted by molar-refractivity contribution is 0.137. The van der Waals surface area contributed by atoms with Gasteiger partial charge in [0.2, 0.25) is 0 Å². The lowest BCUT2D eigenvalue weighted by Gasteiger charge is -2.36. The normalized spacial score (nSPS) is 25.4. The van der Waals surface area contributed by atoms with E-state index in [1.54, 1.807) is 0 Å². The Labute approximate surface area is 108 Å². The number of hydrogen-bond donors (Lipinski definition) is 1. The van der Waals surface area contributed by atoms with Crippen molar-refractivity contribution in [3.05, 3.63) is 0 Å². The lowest BCUT2D eigenvalue weighted by Crippen LogP contribution is -2.39. The molecule has 1 N–H and O–H groups in total. The first-order valence-electron chi connectivity index (χ1n) is 7.60. The Balaban J connectivity index is 2.05. The topological polar surface area (TPSA) is 15.3 Å². The highest BCUT2D eigenvalue weighted by molar-refractivity contribution is 4.79. The predicted octanol–water partition coefficient (Wildman–Crippen LogP) is 3.28. The second-order valence-electron chi connectivity index (χ2n) is 5.83. The first-order chi connectivity index (χ1) is 8.25. The third-order valence-corrected chi connectivity index (χ3v) is 4.32. The van der Waals surface area contributed by atoms with Crippen LogP contribution in [0.5, 0.6) is 0 Å². The molecule has 0 aromatic rings. The molecule has 2 atom stereocenters. The molecular formula is C15H32N2. The third-order valence-electron chi connectivity index (χ3n) is 4.32. The molecule has 1 saturated carbocycles. The second kappa shape index (κ2) is 8.93. The molecule has 0 radical (unpaired) electrons. The number of hydrogen-bond acceptors (Lipinski definition) is 2. The van der Waals surface area contributed by atoms with E-state index >= 15 is 0 Å². The molecule has 0 heterocycles. The first kappa shape index (κ1) is 15.0. The van der Waals surface area contributed by atoms with Crippen LogP contribution in [-0.4, -0.2) is 38.1 Å². The summed E-state index contributed by atoms with van der Waals surface area (Å²) in [5.74, 6) is 0.915. The number of nitrogens with one attached hydrogen (secondary N) is 1. The van der Waals surface area contributed by atoms with Crippen LogP contribution in [0.4, 0.5) is 0 Å². The number of unbranched alkanes of at least 4 members (excludes halogenated alkanes) is 3. The van der Waals surface area contributed by atoms with Crippen molar-refractivity contribution in [1.29, 1.82) is 0 Å². The Morgan fingerprint density at radius 1 is 1.06 bits per heavy atom. The highest BCUT2D eigenvalue weighted by Gasteiger charge is 2.24. The van der Waals surface area contributed by atoms with Gasteiger partial charge in [0.1, 0.15) is 0 Å². The molecule has 2 nitrogen and oxygen atoms in total. The Hall–Kier alpha value is -0.0800. The quantitative estimate of drug-likeness (QED) is 0.655. The van der Waals surface area contributed by atoms with Gasteiger partial charge in [-0.15, -0.1) is 0 Å². The summed E-state index contributed by atoms with van der Waals surface area (Å²) in [6, 6.07) is 0.862. The summed E-state index contributed by atoms with van der Waals surface area (Å²) in [6.45, 7) is 4.91. The summed E-state index contributed by atoms with van der Waals surface area (Å²) >= 11 is 0. The van der Waals surface area contributed by atoms with Crippen molar-refractivity contribution in [2.24, 2.45) is 5.92 Å². The van der Waals surface area contributed by atoms with Crippen molar-refractivity contribution in [3.8, 4) is 0 Å². The zero-order valence-corrected chi connectivity index (χ0v) is 12.2. The first-order valence-corrected chi connectivity index (χ1v) is 7.60. The van der Waals surface area contributed by atoms with Gasteiger partial charge in [-0.2, -0.15) is 0 Å². The summed E-state index contributed by atoms with van der Waals surface area (Å²) in [5, 5.41) is 3.21. The van der Waals surface area contributed by atoms with Gasteiger partial charge >= 0.3 is 0 Å². The van der Waals surface area contributed by atoms with E-state index in [-0.39, 0.29) is 0 Å². The summed E-state index contributed by atoms with van der Waals surface area (Å²) in [5.41, 5.74) is 0. The average Bonchev–Trinajstić information content (AvgIpc) is 2.34. The minimum atomic E-state index is 0.862. The van der Waals surface area contributed by atoms with Crippen molar-refractivity contribution < 1.29 is 0 Å². The van der Waals surface area contributed by atoms with Crippen molar-refractivity contribution in [2.45, 2.75) is 64.3 Å². The molecule has 0 bridgehead atoms. The van der Waals surface area contributed by atoms with Crippen LogP contribution in [0.15, 0.2) is 0 Å².